The summed E-state index contributed by atoms with van der Waals surface area (Å²) in [7, 11) is 0. The van der Waals surface area contributed by atoms with Crippen LogP contribution in [0.2, 0.25) is 5.02 Å². The van der Waals surface area contributed by atoms with E-state index in [1.165, 1.54) is 0 Å². The molecular weight excluding hydrogens is 286 g/mol. The Hall–Kier alpha value is -2.14. The summed E-state index contributed by atoms with van der Waals surface area (Å²) in [5.74, 6) is -2.31. The molecule has 0 heterocycles. The molecule has 0 fully saturated rings. The van der Waals surface area contributed by atoms with Crippen LogP contribution in [-0.2, 0) is 0 Å². The molecule has 0 aliphatic carbocycles. The zero-order valence-corrected chi connectivity index (χ0v) is 11.3. The molecule has 6 heteroatoms. The minimum absolute atomic E-state index is 0.185. The van der Waals surface area contributed by atoms with Crippen LogP contribution < -0.4 is 11.1 Å². The highest BCUT2D eigenvalue weighted by Gasteiger charge is 2.16. The van der Waals surface area contributed by atoms with E-state index >= 15 is 0 Å². The molecule has 0 aromatic heterocycles. The molecule has 2 aromatic rings. The summed E-state index contributed by atoms with van der Waals surface area (Å²) < 4.78 is 26.5. The van der Waals surface area contributed by atoms with E-state index in [0.29, 0.717) is 22.2 Å². The molecule has 0 saturated carbocycles. The molecule has 20 heavy (non-hydrogen) atoms. The fraction of sp³-hybridized carbons (Fsp3) is 0.0714. The average molecular weight is 297 g/mol. The number of carbonyl (C=O) groups is 1. The van der Waals surface area contributed by atoms with Crippen molar-refractivity contribution in [3.05, 3.63) is 58.1 Å². The number of carbonyl (C=O) groups excluding carboxylic acids is 1. The number of nitrogens with two attached hydrogens (primary N) is 1. The Morgan fingerprint density at radius 3 is 2.65 bits per heavy atom. The first-order valence-corrected chi connectivity index (χ1v) is 6.09. The predicted molar refractivity (Wildman–Crippen MR) is 74.9 cm³/mol. The number of amides is 1. The van der Waals surface area contributed by atoms with Crippen LogP contribution in [0.5, 0.6) is 0 Å². The standard InChI is InChI=1S/C14H11ClF2N2O/c1-7-9(3-2-4-10(7)15)14(20)19-13-11(17)5-8(16)6-12(13)18/h2-6H,18H2,1H3,(H,19,20). The maximum absolute atomic E-state index is 13.6. The average Bonchev–Trinajstić information content (AvgIpc) is 2.36. The monoisotopic (exact) mass is 296 g/mol. The van der Waals surface area contributed by atoms with Crippen molar-refractivity contribution in [3.8, 4) is 0 Å². The maximum atomic E-state index is 13.6. The lowest BCUT2D eigenvalue weighted by molar-refractivity contribution is 0.102. The van der Waals surface area contributed by atoms with E-state index in [0.717, 1.165) is 6.07 Å². The SMILES string of the molecule is Cc1c(Cl)cccc1C(=O)Nc1c(N)cc(F)cc1F. The molecule has 3 nitrogen and oxygen atoms in total. The van der Waals surface area contributed by atoms with Gasteiger partial charge in [-0.1, -0.05) is 17.7 Å². The molecule has 0 spiro atoms. The number of anilines is 2. The summed E-state index contributed by atoms with van der Waals surface area (Å²) in [5.41, 5.74) is 5.91. The van der Waals surface area contributed by atoms with Gasteiger partial charge < -0.3 is 11.1 Å². The van der Waals surface area contributed by atoms with E-state index in [1.807, 2.05) is 0 Å². The van der Waals surface area contributed by atoms with Gasteiger partial charge in [0.15, 0.2) is 5.82 Å². The highest BCUT2D eigenvalue weighted by atomic mass is 35.5. The van der Waals surface area contributed by atoms with Crippen LogP contribution in [0, 0.1) is 18.6 Å². The van der Waals surface area contributed by atoms with E-state index in [4.69, 9.17) is 17.3 Å². The molecule has 1 amide bonds. The van der Waals surface area contributed by atoms with Crippen molar-refractivity contribution in [1.29, 1.82) is 0 Å². The van der Waals surface area contributed by atoms with E-state index in [-0.39, 0.29) is 11.4 Å². The highest BCUT2D eigenvalue weighted by molar-refractivity contribution is 6.32. The molecule has 0 bridgehead atoms. The van der Waals surface area contributed by atoms with Crippen LogP contribution in [-0.4, -0.2) is 5.91 Å². The molecule has 104 valence electrons. The van der Waals surface area contributed by atoms with Gasteiger partial charge in [0.25, 0.3) is 5.91 Å². The fourth-order valence-corrected chi connectivity index (χ4v) is 1.93. The lowest BCUT2D eigenvalue weighted by atomic mass is 10.1. The molecule has 3 N–H and O–H groups in total. The van der Waals surface area contributed by atoms with E-state index in [9.17, 15) is 13.6 Å². The summed E-state index contributed by atoms with van der Waals surface area (Å²) in [6.07, 6.45) is 0. The molecule has 0 saturated heterocycles. The number of hydrogen-bond acceptors (Lipinski definition) is 2. The van der Waals surface area contributed by atoms with Gasteiger partial charge in [-0.2, -0.15) is 0 Å². The molecule has 0 atom stereocenters. The predicted octanol–water partition coefficient (Wildman–Crippen LogP) is 3.76. The largest absolute Gasteiger partial charge is 0.397 e. The van der Waals surface area contributed by atoms with Gasteiger partial charge in [-0.15, -0.1) is 0 Å². The minimum Gasteiger partial charge on any atom is -0.397 e. The lowest BCUT2D eigenvalue weighted by Gasteiger charge is -2.11. The molecule has 0 aliphatic heterocycles. The number of benzene rings is 2. The highest BCUT2D eigenvalue weighted by Crippen LogP contribution is 2.26. The van der Waals surface area contributed by atoms with E-state index in [2.05, 4.69) is 5.32 Å². The van der Waals surface area contributed by atoms with Crippen molar-refractivity contribution in [2.75, 3.05) is 11.1 Å². The quantitative estimate of drug-likeness (QED) is 0.829. The third kappa shape index (κ3) is 2.72. The number of rotatable bonds is 2. The molecular formula is C14H11ClF2N2O. The Bertz CT molecular complexity index is 666. The van der Waals surface area contributed by atoms with Crippen molar-refractivity contribution < 1.29 is 13.6 Å². The molecule has 0 unspecified atom stereocenters. The first-order chi connectivity index (χ1) is 9.40. The Labute approximate surface area is 119 Å². The first-order valence-electron chi connectivity index (χ1n) is 5.71. The molecule has 2 aromatic carbocycles. The topological polar surface area (TPSA) is 55.1 Å². The second-order valence-electron chi connectivity index (χ2n) is 4.22. The molecule has 0 aliphatic rings. The van der Waals surface area contributed by atoms with Gasteiger partial charge in [0.05, 0.1) is 5.69 Å². The summed E-state index contributed by atoms with van der Waals surface area (Å²) in [4.78, 5) is 12.1. The number of halogens is 3. The zero-order chi connectivity index (χ0) is 14.9. The fourth-order valence-electron chi connectivity index (χ4n) is 1.76. The van der Waals surface area contributed by atoms with Crippen LogP contribution >= 0.6 is 11.6 Å². The molecule has 2 rings (SSSR count). The van der Waals surface area contributed by atoms with Gasteiger partial charge in [-0.05, 0) is 30.7 Å². The zero-order valence-electron chi connectivity index (χ0n) is 10.5. The summed E-state index contributed by atoms with van der Waals surface area (Å²) in [5, 5.41) is 2.75. The third-order valence-corrected chi connectivity index (χ3v) is 3.25. The van der Waals surface area contributed by atoms with Crippen molar-refractivity contribution in [2.45, 2.75) is 6.92 Å². The van der Waals surface area contributed by atoms with Crippen molar-refractivity contribution in [3.63, 3.8) is 0 Å². The second kappa shape index (κ2) is 5.46. The Morgan fingerprint density at radius 2 is 2.00 bits per heavy atom. The van der Waals surface area contributed by atoms with Crippen LogP contribution in [0.15, 0.2) is 30.3 Å². The van der Waals surface area contributed by atoms with Crippen LogP contribution in [0.1, 0.15) is 15.9 Å². The van der Waals surface area contributed by atoms with Crippen molar-refractivity contribution >= 4 is 28.9 Å². The summed E-state index contributed by atoms with van der Waals surface area (Å²) in [6, 6.07) is 6.38. The van der Waals surface area contributed by atoms with Gasteiger partial charge in [-0.3, -0.25) is 4.79 Å². The third-order valence-electron chi connectivity index (χ3n) is 2.84. The molecule has 0 radical (unpaired) electrons. The normalized spacial score (nSPS) is 10.4. The van der Waals surface area contributed by atoms with E-state index < -0.39 is 17.5 Å². The Kier molecular flexibility index (Phi) is 3.90. The number of nitrogens with one attached hydrogen (secondary N) is 1. The van der Waals surface area contributed by atoms with E-state index in [1.54, 1.807) is 25.1 Å². The van der Waals surface area contributed by atoms with Crippen LogP contribution in [0.4, 0.5) is 20.2 Å². The van der Waals surface area contributed by atoms with Crippen LogP contribution in [0.3, 0.4) is 0 Å². The van der Waals surface area contributed by atoms with Gasteiger partial charge in [0, 0.05) is 16.7 Å². The van der Waals surface area contributed by atoms with Gasteiger partial charge >= 0.3 is 0 Å². The first kappa shape index (κ1) is 14.3. The summed E-state index contributed by atoms with van der Waals surface area (Å²) >= 11 is 5.92. The lowest BCUT2D eigenvalue weighted by Crippen LogP contribution is -2.16. The Balaban J connectivity index is 2.36. The van der Waals surface area contributed by atoms with Gasteiger partial charge in [0.1, 0.15) is 11.5 Å². The van der Waals surface area contributed by atoms with Crippen molar-refractivity contribution in [2.24, 2.45) is 0 Å². The second-order valence-corrected chi connectivity index (χ2v) is 4.63. The smallest absolute Gasteiger partial charge is 0.256 e. The minimum atomic E-state index is -0.935. The summed E-state index contributed by atoms with van der Waals surface area (Å²) in [6.45, 7) is 1.67. The number of hydrogen-bond donors (Lipinski definition) is 2. The van der Waals surface area contributed by atoms with Gasteiger partial charge in [-0.25, -0.2) is 8.78 Å². The Morgan fingerprint density at radius 1 is 1.30 bits per heavy atom. The number of nitrogen functional groups attached to an aromatic ring is 1. The van der Waals surface area contributed by atoms with Crippen molar-refractivity contribution in [1.82, 2.24) is 0 Å². The van der Waals surface area contributed by atoms with Gasteiger partial charge in [0.2, 0.25) is 0 Å². The maximum Gasteiger partial charge on any atom is 0.256 e. The van der Waals surface area contributed by atoms with Crippen LogP contribution in [0.25, 0.3) is 0 Å².